The Bertz CT molecular complexity index is 272. The highest BCUT2D eigenvalue weighted by atomic mass is 16.4. The molecule has 0 radical (unpaired) electrons. The zero-order valence-corrected chi connectivity index (χ0v) is 9.41. The highest BCUT2D eigenvalue weighted by Crippen LogP contribution is 2.23. The number of aliphatic carboxylic acids is 1. The van der Waals surface area contributed by atoms with Crippen molar-refractivity contribution >= 4 is 12.0 Å². The van der Waals surface area contributed by atoms with E-state index < -0.39 is 11.5 Å². The quantitative estimate of drug-likeness (QED) is 0.737. The SMILES string of the molecule is CN(C(=O)NC(C)(C)C(=O)O)C1CCC1. The van der Waals surface area contributed by atoms with Gasteiger partial charge in [0.15, 0.2) is 0 Å². The smallest absolute Gasteiger partial charge is 0.328 e. The number of nitrogens with zero attached hydrogens (tertiary/aromatic N) is 1. The van der Waals surface area contributed by atoms with Crippen LogP contribution >= 0.6 is 0 Å². The molecular weight excluding hydrogens is 196 g/mol. The number of carbonyl (C=O) groups excluding carboxylic acids is 1. The molecule has 0 aromatic rings. The van der Waals surface area contributed by atoms with Crippen LogP contribution in [0, 0.1) is 0 Å². The first-order valence-corrected chi connectivity index (χ1v) is 5.13. The molecular formula is C10H18N2O3. The van der Waals surface area contributed by atoms with Gasteiger partial charge in [-0.15, -0.1) is 0 Å². The van der Waals surface area contributed by atoms with E-state index in [0.29, 0.717) is 0 Å². The number of hydrogen-bond acceptors (Lipinski definition) is 2. The number of urea groups is 1. The molecule has 0 aliphatic heterocycles. The fourth-order valence-corrected chi connectivity index (χ4v) is 1.35. The zero-order chi connectivity index (χ0) is 11.6. The molecule has 5 nitrogen and oxygen atoms in total. The van der Waals surface area contributed by atoms with E-state index in [9.17, 15) is 9.59 Å². The van der Waals surface area contributed by atoms with Crippen molar-refractivity contribution in [3.8, 4) is 0 Å². The zero-order valence-electron chi connectivity index (χ0n) is 9.41. The molecule has 1 fully saturated rings. The van der Waals surface area contributed by atoms with Gasteiger partial charge in [0.2, 0.25) is 0 Å². The Morgan fingerprint density at radius 2 is 1.93 bits per heavy atom. The van der Waals surface area contributed by atoms with Crippen LogP contribution in [0.1, 0.15) is 33.1 Å². The van der Waals surface area contributed by atoms with Crippen LogP contribution in [-0.4, -0.2) is 40.6 Å². The van der Waals surface area contributed by atoms with Crippen molar-refractivity contribution in [2.24, 2.45) is 0 Å². The van der Waals surface area contributed by atoms with E-state index in [2.05, 4.69) is 5.32 Å². The van der Waals surface area contributed by atoms with E-state index in [-0.39, 0.29) is 12.1 Å². The van der Waals surface area contributed by atoms with E-state index in [1.807, 2.05) is 0 Å². The maximum Gasteiger partial charge on any atom is 0.328 e. The van der Waals surface area contributed by atoms with Gasteiger partial charge in [0.05, 0.1) is 0 Å². The summed E-state index contributed by atoms with van der Waals surface area (Å²) in [5, 5.41) is 11.3. The van der Waals surface area contributed by atoms with Crippen LogP contribution in [0.4, 0.5) is 4.79 Å². The number of carbonyl (C=O) groups is 2. The van der Waals surface area contributed by atoms with Crippen LogP contribution in [0.5, 0.6) is 0 Å². The molecule has 0 aromatic carbocycles. The van der Waals surface area contributed by atoms with Crippen LogP contribution in [0.25, 0.3) is 0 Å². The number of amides is 2. The molecule has 0 spiro atoms. The number of carboxylic acids is 1. The summed E-state index contributed by atoms with van der Waals surface area (Å²) in [4.78, 5) is 24.0. The highest BCUT2D eigenvalue weighted by Gasteiger charge is 2.33. The normalized spacial score (nSPS) is 16.7. The maximum absolute atomic E-state index is 11.6. The predicted octanol–water partition coefficient (Wildman–Crippen LogP) is 1.04. The summed E-state index contributed by atoms with van der Waals surface area (Å²) in [5.41, 5.74) is -1.21. The van der Waals surface area contributed by atoms with Crippen molar-refractivity contribution < 1.29 is 14.7 Å². The van der Waals surface area contributed by atoms with Gasteiger partial charge in [-0.1, -0.05) is 0 Å². The van der Waals surface area contributed by atoms with Crippen molar-refractivity contribution in [3.63, 3.8) is 0 Å². The molecule has 0 saturated heterocycles. The van der Waals surface area contributed by atoms with Gasteiger partial charge in [-0.05, 0) is 33.1 Å². The van der Waals surface area contributed by atoms with Crippen molar-refractivity contribution in [1.29, 1.82) is 0 Å². The molecule has 1 aliphatic carbocycles. The minimum absolute atomic E-state index is 0.273. The summed E-state index contributed by atoms with van der Waals surface area (Å²) in [6.07, 6.45) is 3.17. The van der Waals surface area contributed by atoms with E-state index in [1.54, 1.807) is 11.9 Å². The van der Waals surface area contributed by atoms with Crippen molar-refractivity contribution in [2.75, 3.05) is 7.05 Å². The summed E-state index contributed by atoms with van der Waals surface area (Å²) < 4.78 is 0. The molecule has 86 valence electrons. The third-order valence-corrected chi connectivity index (χ3v) is 2.90. The molecule has 15 heavy (non-hydrogen) atoms. The average Bonchev–Trinajstić information content (AvgIpc) is 1.99. The van der Waals surface area contributed by atoms with Crippen LogP contribution in [-0.2, 0) is 4.79 Å². The Labute approximate surface area is 89.4 Å². The number of hydrogen-bond donors (Lipinski definition) is 2. The fraction of sp³-hybridized carbons (Fsp3) is 0.800. The van der Waals surface area contributed by atoms with Crippen molar-refractivity contribution in [2.45, 2.75) is 44.7 Å². The summed E-state index contributed by atoms with van der Waals surface area (Å²) in [7, 11) is 1.71. The minimum atomic E-state index is -1.21. The highest BCUT2D eigenvalue weighted by molar-refractivity contribution is 5.85. The lowest BCUT2D eigenvalue weighted by Gasteiger charge is -2.36. The second kappa shape index (κ2) is 4.08. The predicted molar refractivity (Wildman–Crippen MR) is 55.6 cm³/mol. The Morgan fingerprint density at radius 1 is 1.40 bits per heavy atom. The van der Waals surface area contributed by atoms with Gasteiger partial charge in [0, 0.05) is 13.1 Å². The second-order valence-electron chi connectivity index (χ2n) is 4.56. The first-order chi connectivity index (χ1) is 6.84. The first kappa shape index (κ1) is 11.8. The number of carboxylic acid groups (broad SMARTS) is 1. The number of rotatable bonds is 3. The topological polar surface area (TPSA) is 69.6 Å². The van der Waals surface area contributed by atoms with Crippen molar-refractivity contribution in [1.82, 2.24) is 10.2 Å². The van der Waals surface area contributed by atoms with Gasteiger partial charge in [-0.3, -0.25) is 0 Å². The largest absolute Gasteiger partial charge is 0.480 e. The van der Waals surface area contributed by atoms with Gasteiger partial charge in [-0.25, -0.2) is 9.59 Å². The maximum atomic E-state index is 11.6. The Morgan fingerprint density at radius 3 is 2.27 bits per heavy atom. The van der Waals surface area contributed by atoms with Crippen LogP contribution in [0.15, 0.2) is 0 Å². The number of nitrogens with one attached hydrogen (secondary N) is 1. The molecule has 2 N–H and O–H groups in total. The van der Waals surface area contributed by atoms with Gasteiger partial charge in [0.1, 0.15) is 5.54 Å². The van der Waals surface area contributed by atoms with Gasteiger partial charge >= 0.3 is 12.0 Å². The van der Waals surface area contributed by atoms with Gasteiger partial charge in [-0.2, -0.15) is 0 Å². The van der Waals surface area contributed by atoms with E-state index in [1.165, 1.54) is 13.8 Å². The van der Waals surface area contributed by atoms with Crippen molar-refractivity contribution in [3.05, 3.63) is 0 Å². The van der Waals surface area contributed by atoms with Crippen LogP contribution < -0.4 is 5.32 Å². The molecule has 0 aromatic heterocycles. The van der Waals surface area contributed by atoms with Gasteiger partial charge < -0.3 is 15.3 Å². The Balaban J connectivity index is 2.50. The summed E-state index contributed by atoms with van der Waals surface area (Å²) in [5.74, 6) is -1.03. The van der Waals surface area contributed by atoms with E-state index in [4.69, 9.17) is 5.11 Å². The molecule has 5 heteroatoms. The average molecular weight is 214 g/mol. The molecule has 1 aliphatic rings. The molecule has 0 atom stereocenters. The second-order valence-corrected chi connectivity index (χ2v) is 4.56. The Kier molecular flexibility index (Phi) is 3.21. The molecule has 0 unspecified atom stereocenters. The molecule has 0 heterocycles. The minimum Gasteiger partial charge on any atom is -0.480 e. The third kappa shape index (κ3) is 2.61. The van der Waals surface area contributed by atoms with Gasteiger partial charge in [0.25, 0.3) is 0 Å². The first-order valence-electron chi connectivity index (χ1n) is 5.13. The van der Waals surface area contributed by atoms with E-state index in [0.717, 1.165) is 19.3 Å². The molecule has 1 saturated carbocycles. The van der Waals surface area contributed by atoms with Crippen LogP contribution in [0.3, 0.4) is 0 Å². The third-order valence-electron chi connectivity index (χ3n) is 2.90. The Hall–Kier alpha value is -1.26. The summed E-state index contributed by atoms with van der Waals surface area (Å²) >= 11 is 0. The van der Waals surface area contributed by atoms with E-state index >= 15 is 0 Å². The summed E-state index contributed by atoms with van der Waals surface area (Å²) in [6.45, 7) is 2.95. The molecule has 1 rings (SSSR count). The lowest BCUT2D eigenvalue weighted by molar-refractivity contribution is -0.143. The van der Waals surface area contributed by atoms with Crippen LogP contribution in [0.2, 0.25) is 0 Å². The molecule has 0 bridgehead atoms. The summed E-state index contributed by atoms with van der Waals surface area (Å²) in [6, 6.07) is -0.0401. The fourth-order valence-electron chi connectivity index (χ4n) is 1.35. The lowest BCUT2D eigenvalue weighted by atomic mass is 9.92. The molecule has 2 amide bonds. The lowest BCUT2D eigenvalue weighted by Crippen LogP contribution is -2.56. The monoisotopic (exact) mass is 214 g/mol. The standard InChI is InChI=1S/C10H18N2O3/c1-10(2,8(13)14)11-9(15)12(3)7-5-4-6-7/h7H,4-6H2,1-3H3,(H,11,15)(H,13,14).